The first-order chi connectivity index (χ1) is 24.0. The van der Waals surface area contributed by atoms with E-state index in [1.807, 2.05) is 114 Å². The van der Waals surface area contributed by atoms with E-state index in [-0.39, 0.29) is 29.9 Å². The molecule has 0 radical (unpaired) electrons. The Hall–Kier alpha value is -5.92. The van der Waals surface area contributed by atoms with Crippen LogP contribution >= 0.6 is 0 Å². The molecule has 8 aromatic rings. The van der Waals surface area contributed by atoms with E-state index in [4.69, 9.17) is 2.74 Å². The average molecular weight is 578 g/mol. The smallest absolute Gasteiger partial charge is 0.0651 e. The lowest BCUT2D eigenvalue weighted by molar-refractivity contribution is 1.30. The second kappa shape index (κ2) is 11.6. The molecule has 0 aliphatic rings. The lowest BCUT2D eigenvalue weighted by Gasteiger charge is -2.29. The van der Waals surface area contributed by atoms with Gasteiger partial charge in [0.05, 0.1) is 16.9 Å². The fourth-order valence-corrected chi connectivity index (χ4v) is 6.09. The number of para-hydroxylation sites is 1. The van der Waals surface area contributed by atoms with E-state index in [1.165, 1.54) is 0 Å². The van der Waals surface area contributed by atoms with Gasteiger partial charge in [-0.3, -0.25) is 0 Å². The van der Waals surface area contributed by atoms with E-state index in [0.717, 1.165) is 55.2 Å². The van der Waals surface area contributed by atoms with Crippen LogP contribution in [-0.4, -0.2) is 0 Å². The van der Waals surface area contributed by atoms with Crippen LogP contribution < -0.4 is 4.90 Å². The molecule has 0 saturated carbocycles. The van der Waals surface area contributed by atoms with Gasteiger partial charge in [-0.1, -0.05) is 158 Å². The highest BCUT2D eigenvalue weighted by atomic mass is 15.1. The molecule has 8 aromatic carbocycles. The molecular formula is C44H31N. The van der Waals surface area contributed by atoms with E-state index in [9.17, 15) is 2.74 Å². The predicted molar refractivity (Wildman–Crippen MR) is 192 cm³/mol. The SMILES string of the molecule is [2H]c1c([2H])c(-c2ccc3ccccc3c2)c([2H])c(N(c2ccccc2-c2ccc(-c3ccccc3)cc2)c2cccc3ccccc23)c1[2H]. The van der Waals surface area contributed by atoms with Crippen molar-refractivity contribution in [2.75, 3.05) is 4.90 Å². The first-order valence-electron chi connectivity index (χ1n) is 17.1. The highest BCUT2D eigenvalue weighted by molar-refractivity contribution is 6.01. The molecule has 0 fully saturated rings. The number of benzene rings is 8. The normalized spacial score (nSPS) is 12.4. The van der Waals surface area contributed by atoms with Crippen LogP contribution in [0.5, 0.6) is 0 Å². The van der Waals surface area contributed by atoms with E-state index in [2.05, 4.69) is 54.6 Å². The number of hydrogen-bond donors (Lipinski definition) is 0. The molecule has 0 saturated heterocycles. The monoisotopic (exact) mass is 577 g/mol. The van der Waals surface area contributed by atoms with Gasteiger partial charge < -0.3 is 4.90 Å². The fourth-order valence-electron chi connectivity index (χ4n) is 6.09. The maximum absolute atomic E-state index is 9.74. The minimum atomic E-state index is -0.218. The van der Waals surface area contributed by atoms with E-state index < -0.39 is 0 Å². The van der Waals surface area contributed by atoms with Gasteiger partial charge >= 0.3 is 0 Å². The molecule has 0 aliphatic carbocycles. The Kier molecular flexibility index (Phi) is 5.84. The van der Waals surface area contributed by atoms with Crippen LogP contribution in [0.4, 0.5) is 17.1 Å². The summed E-state index contributed by atoms with van der Waals surface area (Å²) in [6.07, 6.45) is 0. The lowest BCUT2D eigenvalue weighted by atomic mass is 9.97. The van der Waals surface area contributed by atoms with Gasteiger partial charge in [-0.15, -0.1) is 0 Å². The van der Waals surface area contributed by atoms with Crippen molar-refractivity contribution in [3.05, 3.63) is 188 Å². The number of fused-ring (bicyclic) bond motifs is 2. The van der Waals surface area contributed by atoms with Crippen molar-refractivity contribution in [2.45, 2.75) is 0 Å². The van der Waals surface area contributed by atoms with Crippen molar-refractivity contribution in [1.29, 1.82) is 0 Å². The molecule has 0 atom stereocenters. The Morgan fingerprint density at radius 2 is 1.02 bits per heavy atom. The zero-order valence-corrected chi connectivity index (χ0v) is 24.5. The Bertz CT molecular complexity index is 2490. The molecular weight excluding hydrogens is 542 g/mol. The first kappa shape index (κ1) is 22.6. The molecule has 0 N–H and O–H groups in total. The quantitative estimate of drug-likeness (QED) is 0.190. The minimum absolute atomic E-state index is 0.0310. The van der Waals surface area contributed by atoms with Gasteiger partial charge in [-0.25, -0.2) is 0 Å². The Balaban J connectivity index is 1.39. The van der Waals surface area contributed by atoms with Crippen LogP contribution in [-0.2, 0) is 0 Å². The summed E-state index contributed by atoms with van der Waals surface area (Å²) in [4.78, 5) is 1.95. The van der Waals surface area contributed by atoms with Gasteiger partial charge in [-0.05, 0) is 74.3 Å². The highest BCUT2D eigenvalue weighted by Gasteiger charge is 2.19. The molecule has 0 amide bonds. The third kappa shape index (κ3) is 5.15. The van der Waals surface area contributed by atoms with Gasteiger partial charge in [0.1, 0.15) is 0 Å². The zero-order valence-electron chi connectivity index (χ0n) is 28.5. The molecule has 8 rings (SSSR count). The van der Waals surface area contributed by atoms with Gasteiger partial charge in [0.15, 0.2) is 0 Å². The standard InChI is InChI=1S/C44H31N/c1-2-12-32(13-3-1)34-24-27-36(28-25-34)42-21-8-9-22-43(42)45(44-23-11-17-35-15-6-7-20-41(35)44)40-19-10-18-38(31-40)39-29-26-33-14-4-5-16-37(33)30-39/h1-31H/i10D,18D,19D,31D. The van der Waals surface area contributed by atoms with Crippen LogP contribution in [0.3, 0.4) is 0 Å². The van der Waals surface area contributed by atoms with Crippen LogP contribution in [0.1, 0.15) is 5.48 Å². The molecule has 1 nitrogen and oxygen atoms in total. The van der Waals surface area contributed by atoms with Crippen molar-refractivity contribution < 1.29 is 5.48 Å². The molecule has 1 heteroatoms. The third-order valence-corrected chi connectivity index (χ3v) is 8.33. The molecule has 45 heavy (non-hydrogen) atoms. The maximum atomic E-state index is 9.74. The molecule has 0 heterocycles. The number of anilines is 3. The van der Waals surface area contributed by atoms with Crippen molar-refractivity contribution in [2.24, 2.45) is 0 Å². The Labute approximate surface area is 269 Å². The van der Waals surface area contributed by atoms with Gasteiger partial charge in [-0.2, -0.15) is 0 Å². The summed E-state index contributed by atoms with van der Waals surface area (Å²) in [5.41, 5.74) is 6.97. The van der Waals surface area contributed by atoms with Crippen LogP contribution in [0.2, 0.25) is 0 Å². The van der Waals surface area contributed by atoms with Gasteiger partial charge in [0, 0.05) is 16.6 Å². The lowest BCUT2D eigenvalue weighted by Crippen LogP contribution is -2.11. The first-order valence-corrected chi connectivity index (χ1v) is 15.1. The largest absolute Gasteiger partial charge is 0.309 e. The highest BCUT2D eigenvalue weighted by Crippen LogP contribution is 2.44. The molecule has 0 aromatic heterocycles. The fraction of sp³-hybridized carbons (Fsp3) is 0. The van der Waals surface area contributed by atoms with E-state index >= 15 is 0 Å². The summed E-state index contributed by atoms with van der Waals surface area (Å²) < 4.78 is 37.2. The summed E-state index contributed by atoms with van der Waals surface area (Å²) in [6.45, 7) is 0. The molecule has 0 unspecified atom stereocenters. The van der Waals surface area contributed by atoms with Crippen molar-refractivity contribution in [3.8, 4) is 33.4 Å². The number of nitrogens with zero attached hydrogens (tertiary/aromatic N) is 1. The maximum Gasteiger partial charge on any atom is 0.0651 e. The predicted octanol–water partition coefficient (Wildman–Crippen LogP) is 12.5. The summed E-state index contributed by atoms with van der Waals surface area (Å²) >= 11 is 0. The molecule has 212 valence electrons. The van der Waals surface area contributed by atoms with Crippen molar-refractivity contribution >= 4 is 38.6 Å². The van der Waals surface area contributed by atoms with Crippen LogP contribution in [0.15, 0.2) is 188 Å². The molecule has 0 aliphatic heterocycles. The van der Waals surface area contributed by atoms with Crippen molar-refractivity contribution in [1.82, 2.24) is 0 Å². The van der Waals surface area contributed by atoms with E-state index in [1.54, 1.807) is 0 Å². The van der Waals surface area contributed by atoms with Crippen molar-refractivity contribution in [3.63, 3.8) is 0 Å². The molecule has 0 spiro atoms. The average Bonchev–Trinajstić information content (AvgIpc) is 3.16. The second-order valence-electron chi connectivity index (χ2n) is 11.1. The van der Waals surface area contributed by atoms with Gasteiger partial charge in [0.2, 0.25) is 0 Å². The van der Waals surface area contributed by atoms with Crippen LogP contribution in [0.25, 0.3) is 54.9 Å². The van der Waals surface area contributed by atoms with Gasteiger partial charge in [0.25, 0.3) is 0 Å². The summed E-state index contributed by atoms with van der Waals surface area (Å²) in [5.74, 6) is 0. The Morgan fingerprint density at radius 1 is 0.400 bits per heavy atom. The third-order valence-electron chi connectivity index (χ3n) is 8.33. The second-order valence-corrected chi connectivity index (χ2v) is 11.1. The number of hydrogen-bond acceptors (Lipinski definition) is 1. The minimum Gasteiger partial charge on any atom is -0.309 e. The zero-order chi connectivity index (χ0) is 33.5. The summed E-state index contributed by atoms with van der Waals surface area (Å²) in [7, 11) is 0. The summed E-state index contributed by atoms with van der Waals surface area (Å²) in [5, 5.41) is 4.01. The topological polar surface area (TPSA) is 3.24 Å². The van der Waals surface area contributed by atoms with E-state index in [0.29, 0.717) is 11.1 Å². The molecule has 0 bridgehead atoms. The van der Waals surface area contributed by atoms with Crippen LogP contribution in [0, 0.1) is 0 Å². The number of rotatable bonds is 6. The Morgan fingerprint density at radius 3 is 1.89 bits per heavy atom. The summed E-state index contributed by atoms with van der Waals surface area (Å²) in [6, 6.07) is 54.3.